The summed E-state index contributed by atoms with van der Waals surface area (Å²) in [6.45, 7) is 9.29. The molecule has 10 heteroatoms. The number of carbonyl (C=O) groups is 2. The topological polar surface area (TPSA) is 91.6 Å². The van der Waals surface area contributed by atoms with E-state index >= 15 is 0 Å². The number of nitrogens with zero attached hydrogens (tertiary/aromatic N) is 3. The third-order valence-corrected chi connectivity index (χ3v) is 7.23. The molecular weight excluding hydrogens is 543 g/mol. The fraction of sp³-hybridized carbons (Fsp3) is 0.344. The molecule has 0 aliphatic carbocycles. The average Bonchev–Trinajstić information content (AvgIpc) is 2.93. The summed E-state index contributed by atoms with van der Waals surface area (Å²) in [5, 5.41) is 2.61. The van der Waals surface area contributed by atoms with Gasteiger partial charge in [-0.05, 0) is 68.3 Å². The lowest BCUT2D eigenvalue weighted by molar-refractivity contribution is -0.138. The third kappa shape index (κ3) is 8.18. The number of carbonyl (C=O) groups excluding carboxylic acids is 2. The maximum atomic E-state index is 14.0. The number of aromatic nitrogens is 1. The van der Waals surface area contributed by atoms with Gasteiger partial charge >= 0.3 is 6.18 Å². The molecule has 0 radical (unpaired) electrons. The van der Waals surface area contributed by atoms with Crippen molar-refractivity contribution in [2.45, 2.75) is 46.0 Å². The molecule has 0 bridgehead atoms. The Bertz CT molecular complexity index is 1500. The Hall–Kier alpha value is -4.20. The zero-order chi connectivity index (χ0) is 30.4. The minimum atomic E-state index is -4.56. The van der Waals surface area contributed by atoms with E-state index in [-0.39, 0.29) is 29.8 Å². The first-order valence-electron chi connectivity index (χ1n) is 13.7. The quantitative estimate of drug-likeness (QED) is 0.400. The van der Waals surface area contributed by atoms with E-state index in [1.807, 2.05) is 11.8 Å². The molecule has 0 atom stereocenters. The fourth-order valence-electron chi connectivity index (χ4n) is 4.76. The lowest BCUT2D eigenvalue weighted by Gasteiger charge is -2.37. The average molecular weight is 578 g/mol. The smallest absolute Gasteiger partial charge is 0.369 e. The number of halogens is 3. The number of aryl methyl sites for hydroxylation is 1. The number of amides is 2. The Balaban J connectivity index is 1.48. The molecule has 1 fully saturated rings. The standard InChI is InChI=1S/C32H34F3N5O2/c1-21(2)40-14-12-39(13-15-40)20-26-9-11-28(17-29(26)32(33,34)35)38-31(42)25-7-4-22(3)24(16-25)8-5-23-6-10-27(37-19-23)18-30(36)41/h4,6-7,9-11,16-17,19,21H,12-15,18,20H2,1-3H3,(H2,36,41)(H,38,42). The Labute approximate surface area is 243 Å². The normalized spacial score (nSPS) is 14.4. The van der Waals surface area contributed by atoms with Crippen LogP contribution >= 0.6 is 0 Å². The molecule has 2 amide bonds. The largest absolute Gasteiger partial charge is 0.416 e. The summed E-state index contributed by atoms with van der Waals surface area (Å²) in [4.78, 5) is 32.6. The molecule has 7 nitrogen and oxygen atoms in total. The second-order valence-electron chi connectivity index (χ2n) is 10.7. The molecule has 0 spiro atoms. The molecule has 220 valence electrons. The van der Waals surface area contributed by atoms with Crippen LogP contribution in [0.5, 0.6) is 0 Å². The van der Waals surface area contributed by atoms with Crippen LogP contribution in [0.15, 0.2) is 54.7 Å². The highest BCUT2D eigenvalue weighted by atomic mass is 19.4. The fourth-order valence-corrected chi connectivity index (χ4v) is 4.76. The van der Waals surface area contributed by atoms with Crippen LogP contribution in [0.3, 0.4) is 0 Å². The summed E-state index contributed by atoms with van der Waals surface area (Å²) < 4.78 is 42.1. The molecule has 1 aliphatic heterocycles. The van der Waals surface area contributed by atoms with Crippen LogP contribution in [0.1, 0.15) is 57.7 Å². The van der Waals surface area contributed by atoms with Crippen molar-refractivity contribution in [2.24, 2.45) is 5.73 Å². The van der Waals surface area contributed by atoms with Crippen molar-refractivity contribution in [3.63, 3.8) is 0 Å². The maximum absolute atomic E-state index is 14.0. The molecule has 42 heavy (non-hydrogen) atoms. The molecule has 1 aromatic heterocycles. The number of hydrogen-bond donors (Lipinski definition) is 2. The number of benzene rings is 2. The van der Waals surface area contributed by atoms with Gasteiger partial charge in [0.1, 0.15) is 0 Å². The highest BCUT2D eigenvalue weighted by Crippen LogP contribution is 2.35. The Morgan fingerprint density at radius 1 is 1.02 bits per heavy atom. The van der Waals surface area contributed by atoms with Gasteiger partial charge in [-0.1, -0.05) is 24.0 Å². The summed E-state index contributed by atoms with van der Waals surface area (Å²) in [5.74, 6) is 4.97. The monoisotopic (exact) mass is 577 g/mol. The molecule has 3 aromatic rings. The van der Waals surface area contributed by atoms with Gasteiger partial charge in [-0.3, -0.25) is 24.4 Å². The number of hydrogen-bond acceptors (Lipinski definition) is 5. The zero-order valence-electron chi connectivity index (χ0n) is 23.9. The number of pyridine rings is 1. The van der Waals surface area contributed by atoms with E-state index < -0.39 is 23.6 Å². The van der Waals surface area contributed by atoms with Crippen LogP contribution in [0, 0.1) is 18.8 Å². The van der Waals surface area contributed by atoms with Gasteiger partial charge in [0.15, 0.2) is 0 Å². The molecule has 2 aromatic carbocycles. The SMILES string of the molecule is Cc1ccc(C(=O)Nc2ccc(CN3CCN(C(C)C)CC3)c(C(F)(F)F)c2)cc1C#Cc1ccc(CC(N)=O)nc1. The minimum absolute atomic E-state index is 0.0346. The number of alkyl halides is 3. The van der Waals surface area contributed by atoms with Crippen molar-refractivity contribution in [1.82, 2.24) is 14.8 Å². The number of anilines is 1. The summed E-state index contributed by atoms with van der Waals surface area (Å²) in [7, 11) is 0. The molecule has 1 saturated heterocycles. The third-order valence-electron chi connectivity index (χ3n) is 7.23. The summed E-state index contributed by atoms with van der Waals surface area (Å²) in [6.07, 6.45) is -2.99. The van der Waals surface area contributed by atoms with E-state index in [1.165, 1.54) is 18.3 Å². The van der Waals surface area contributed by atoms with Gasteiger partial charge in [-0.15, -0.1) is 0 Å². The lowest BCUT2D eigenvalue weighted by atomic mass is 10.0. The zero-order valence-corrected chi connectivity index (χ0v) is 23.9. The first kappa shape index (κ1) is 30.8. The van der Waals surface area contributed by atoms with Crippen LogP contribution in [-0.2, 0) is 23.9 Å². The van der Waals surface area contributed by atoms with Crippen molar-refractivity contribution in [3.8, 4) is 11.8 Å². The highest BCUT2D eigenvalue weighted by Gasteiger charge is 2.34. The molecular formula is C32H34F3N5O2. The molecule has 3 N–H and O–H groups in total. The molecule has 4 rings (SSSR count). The van der Waals surface area contributed by atoms with Crippen LogP contribution in [0.25, 0.3) is 0 Å². The number of nitrogens with one attached hydrogen (secondary N) is 1. The molecule has 1 aliphatic rings. The second-order valence-corrected chi connectivity index (χ2v) is 10.7. The van der Waals surface area contributed by atoms with Crippen molar-refractivity contribution >= 4 is 17.5 Å². The Kier molecular flexibility index (Phi) is 9.66. The van der Waals surface area contributed by atoms with Gasteiger partial charge < -0.3 is 11.1 Å². The van der Waals surface area contributed by atoms with Gasteiger partial charge in [0.05, 0.1) is 12.0 Å². The van der Waals surface area contributed by atoms with Gasteiger partial charge in [-0.25, -0.2) is 0 Å². The second kappa shape index (κ2) is 13.2. The molecule has 0 unspecified atom stereocenters. The van der Waals surface area contributed by atoms with Crippen molar-refractivity contribution in [3.05, 3.63) is 93.8 Å². The van der Waals surface area contributed by atoms with Gasteiger partial charge in [-0.2, -0.15) is 13.2 Å². The van der Waals surface area contributed by atoms with Crippen molar-refractivity contribution in [2.75, 3.05) is 31.5 Å². The van der Waals surface area contributed by atoms with Gasteiger partial charge in [0.2, 0.25) is 5.91 Å². The highest BCUT2D eigenvalue weighted by molar-refractivity contribution is 6.04. The van der Waals surface area contributed by atoms with E-state index in [9.17, 15) is 22.8 Å². The van der Waals surface area contributed by atoms with Crippen LogP contribution < -0.4 is 11.1 Å². The molecule has 0 saturated carbocycles. The predicted molar refractivity (Wildman–Crippen MR) is 156 cm³/mol. The number of piperazine rings is 1. The van der Waals surface area contributed by atoms with Crippen LogP contribution in [0.4, 0.5) is 18.9 Å². The first-order valence-corrected chi connectivity index (χ1v) is 13.7. The van der Waals surface area contributed by atoms with E-state index in [0.29, 0.717) is 36.0 Å². The van der Waals surface area contributed by atoms with E-state index in [2.05, 4.69) is 40.9 Å². The van der Waals surface area contributed by atoms with E-state index in [0.717, 1.165) is 24.7 Å². The predicted octanol–water partition coefficient (Wildman–Crippen LogP) is 4.61. The van der Waals surface area contributed by atoms with Crippen molar-refractivity contribution < 1.29 is 22.8 Å². The Morgan fingerprint density at radius 2 is 1.76 bits per heavy atom. The molecule has 2 heterocycles. The summed E-state index contributed by atoms with van der Waals surface area (Å²) >= 11 is 0. The minimum Gasteiger partial charge on any atom is -0.369 e. The van der Waals surface area contributed by atoms with Crippen LogP contribution in [0.2, 0.25) is 0 Å². The van der Waals surface area contributed by atoms with Gasteiger partial charge in [0, 0.05) is 73.0 Å². The number of nitrogens with two attached hydrogens (primary N) is 1. The maximum Gasteiger partial charge on any atom is 0.416 e. The first-order chi connectivity index (χ1) is 19.9. The summed E-state index contributed by atoms with van der Waals surface area (Å²) in [6, 6.07) is 12.7. The number of primary amides is 1. The van der Waals surface area contributed by atoms with E-state index in [1.54, 1.807) is 30.3 Å². The van der Waals surface area contributed by atoms with Crippen LogP contribution in [-0.4, -0.2) is 58.8 Å². The number of rotatable bonds is 7. The van der Waals surface area contributed by atoms with Crippen molar-refractivity contribution in [1.29, 1.82) is 0 Å². The Morgan fingerprint density at radius 3 is 2.38 bits per heavy atom. The summed E-state index contributed by atoms with van der Waals surface area (Å²) in [5.41, 5.74) is 7.51. The lowest BCUT2D eigenvalue weighted by Crippen LogP contribution is -2.48. The van der Waals surface area contributed by atoms with E-state index in [4.69, 9.17) is 5.73 Å². The van der Waals surface area contributed by atoms with Gasteiger partial charge in [0.25, 0.3) is 5.91 Å².